The first kappa shape index (κ1) is 11.3. The average Bonchev–Trinajstić information content (AvgIpc) is 3.15. The maximum atomic E-state index is 4.37. The van der Waals surface area contributed by atoms with Crippen molar-refractivity contribution in [1.82, 2.24) is 10.3 Å². The molecular weight excluding hydrogens is 272 g/mol. The largest absolute Gasteiger partial charge is 0.323 e. The normalized spacial score (nSPS) is 32.2. The highest BCUT2D eigenvalue weighted by Crippen LogP contribution is 2.58. The SMILES string of the molecule is CC12NC1C1N3C=CCc4cccc(c43)N1c1ccncc12. The number of hydrogen-bond acceptors (Lipinski definition) is 4. The van der Waals surface area contributed by atoms with Gasteiger partial charge in [0.1, 0.15) is 6.17 Å². The molecule has 5 heterocycles. The van der Waals surface area contributed by atoms with Crippen molar-refractivity contribution in [3.8, 4) is 0 Å². The van der Waals surface area contributed by atoms with Crippen LogP contribution >= 0.6 is 0 Å². The van der Waals surface area contributed by atoms with Crippen molar-refractivity contribution in [3.63, 3.8) is 0 Å². The first-order chi connectivity index (χ1) is 10.8. The summed E-state index contributed by atoms with van der Waals surface area (Å²) in [6.07, 6.45) is 9.83. The molecule has 4 aliphatic heterocycles. The lowest BCUT2D eigenvalue weighted by atomic mass is 9.90. The average molecular weight is 288 g/mol. The Balaban J connectivity index is 1.68. The Morgan fingerprint density at radius 2 is 2.23 bits per heavy atom. The molecule has 1 fully saturated rings. The number of aromatic nitrogens is 1. The number of anilines is 3. The van der Waals surface area contributed by atoms with Gasteiger partial charge in [0.05, 0.1) is 28.6 Å². The minimum absolute atomic E-state index is 0.0538. The molecule has 4 heteroatoms. The van der Waals surface area contributed by atoms with E-state index in [1.807, 2.05) is 12.4 Å². The van der Waals surface area contributed by atoms with E-state index in [1.54, 1.807) is 0 Å². The Bertz CT molecular complexity index is 858. The van der Waals surface area contributed by atoms with E-state index >= 15 is 0 Å². The minimum Gasteiger partial charge on any atom is -0.323 e. The molecule has 108 valence electrons. The Labute approximate surface area is 129 Å². The summed E-state index contributed by atoms with van der Waals surface area (Å²) in [5, 5.41) is 3.72. The van der Waals surface area contributed by atoms with Gasteiger partial charge in [-0.1, -0.05) is 18.2 Å². The van der Waals surface area contributed by atoms with Gasteiger partial charge in [-0.15, -0.1) is 0 Å². The zero-order chi connectivity index (χ0) is 14.5. The number of allylic oxidation sites excluding steroid dienone is 1. The van der Waals surface area contributed by atoms with Gasteiger partial charge in [0.25, 0.3) is 0 Å². The molecule has 4 nitrogen and oxygen atoms in total. The molecule has 0 aliphatic carbocycles. The van der Waals surface area contributed by atoms with Crippen LogP contribution in [0, 0.1) is 0 Å². The number of pyridine rings is 1. The predicted octanol–water partition coefficient (Wildman–Crippen LogP) is 2.64. The number of rotatable bonds is 0. The lowest BCUT2D eigenvalue weighted by molar-refractivity contribution is 0.578. The van der Waals surface area contributed by atoms with Crippen molar-refractivity contribution in [3.05, 3.63) is 60.1 Å². The fourth-order valence-corrected chi connectivity index (χ4v) is 4.57. The van der Waals surface area contributed by atoms with Gasteiger partial charge in [0.15, 0.2) is 0 Å². The van der Waals surface area contributed by atoms with Gasteiger partial charge in [-0.2, -0.15) is 0 Å². The van der Waals surface area contributed by atoms with Crippen LogP contribution in [0.5, 0.6) is 0 Å². The van der Waals surface area contributed by atoms with E-state index in [-0.39, 0.29) is 5.54 Å². The van der Waals surface area contributed by atoms with Gasteiger partial charge in [-0.3, -0.25) is 10.3 Å². The third-order valence-corrected chi connectivity index (χ3v) is 5.68. The number of nitrogens with zero attached hydrogens (tertiary/aromatic N) is 3. The van der Waals surface area contributed by atoms with Crippen LogP contribution in [0.1, 0.15) is 18.1 Å². The van der Waals surface area contributed by atoms with Crippen LogP contribution in [0.4, 0.5) is 17.1 Å². The van der Waals surface area contributed by atoms with E-state index in [0.29, 0.717) is 12.2 Å². The summed E-state index contributed by atoms with van der Waals surface area (Å²) < 4.78 is 0. The molecule has 0 spiro atoms. The van der Waals surface area contributed by atoms with Gasteiger partial charge in [0.2, 0.25) is 0 Å². The molecule has 2 aromatic rings. The van der Waals surface area contributed by atoms with Gasteiger partial charge in [-0.05, 0) is 31.0 Å². The second-order valence-electron chi connectivity index (χ2n) is 6.78. The number of para-hydroxylation sites is 1. The Hall–Kier alpha value is -2.33. The Morgan fingerprint density at radius 3 is 3.18 bits per heavy atom. The number of fused-ring (bicyclic) bond motifs is 8. The Morgan fingerprint density at radius 1 is 1.27 bits per heavy atom. The molecule has 3 atom stereocenters. The minimum atomic E-state index is 0.0538. The third-order valence-electron chi connectivity index (χ3n) is 5.68. The van der Waals surface area contributed by atoms with Crippen molar-refractivity contribution >= 4 is 17.1 Å². The first-order valence-corrected chi connectivity index (χ1v) is 7.87. The maximum absolute atomic E-state index is 4.37. The molecule has 0 saturated carbocycles. The maximum Gasteiger partial charge on any atom is 0.128 e. The number of hydrogen-bond donors (Lipinski definition) is 1. The summed E-state index contributed by atoms with van der Waals surface area (Å²) in [7, 11) is 0. The topological polar surface area (TPSA) is 41.3 Å². The van der Waals surface area contributed by atoms with Crippen LogP contribution in [0.2, 0.25) is 0 Å². The van der Waals surface area contributed by atoms with E-state index in [4.69, 9.17) is 0 Å². The smallest absolute Gasteiger partial charge is 0.128 e. The third kappa shape index (κ3) is 1.07. The van der Waals surface area contributed by atoms with Gasteiger partial charge >= 0.3 is 0 Å². The van der Waals surface area contributed by atoms with E-state index in [9.17, 15) is 0 Å². The summed E-state index contributed by atoms with van der Waals surface area (Å²) >= 11 is 0. The van der Waals surface area contributed by atoms with Crippen LogP contribution in [-0.2, 0) is 12.0 Å². The zero-order valence-corrected chi connectivity index (χ0v) is 12.3. The second kappa shape index (κ2) is 3.36. The fourth-order valence-electron chi connectivity index (χ4n) is 4.57. The monoisotopic (exact) mass is 288 g/mol. The lowest BCUT2D eigenvalue weighted by Crippen LogP contribution is -2.48. The van der Waals surface area contributed by atoms with Crippen molar-refractivity contribution in [2.75, 3.05) is 9.80 Å². The fraction of sp³-hybridized carbons (Fsp3) is 0.278. The van der Waals surface area contributed by atoms with E-state index < -0.39 is 0 Å². The van der Waals surface area contributed by atoms with Crippen molar-refractivity contribution < 1.29 is 0 Å². The standard InChI is InChI=1S/C18H16N4/c1-18-12-10-19-8-7-13(12)22-14-6-2-4-11-5-3-9-21(15(11)14)17(22)16(18)20-18/h2-4,6-10,16-17,20H,5H2,1H3. The first-order valence-electron chi connectivity index (χ1n) is 7.87. The van der Waals surface area contributed by atoms with Crippen LogP contribution < -0.4 is 15.1 Å². The van der Waals surface area contributed by atoms with Gasteiger partial charge in [-0.25, -0.2) is 0 Å². The summed E-state index contributed by atoms with van der Waals surface area (Å²) in [5.74, 6) is 0. The van der Waals surface area contributed by atoms with Gasteiger partial charge < -0.3 is 9.80 Å². The highest BCUT2D eigenvalue weighted by atomic mass is 15.5. The summed E-state index contributed by atoms with van der Waals surface area (Å²) in [5.41, 5.74) is 6.80. The van der Waals surface area contributed by atoms with Crippen molar-refractivity contribution in [2.45, 2.75) is 31.1 Å². The zero-order valence-electron chi connectivity index (χ0n) is 12.3. The molecule has 1 aromatic carbocycles. The molecular formula is C18H16N4. The van der Waals surface area contributed by atoms with E-state index in [2.05, 4.69) is 63.6 Å². The van der Waals surface area contributed by atoms with E-state index in [1.165, 1.54) is 28.2 Å². The molecule has 4 aliphatic rings. The molecule has 0 radical (unpaired) electrons. The van der Waals surface area contributed by atoms with Crippen LogP contribution in [0.25, 0.3) is 0 Å². The number of nitrogens with one attached hydrogen (secondary N) is 1. The summed E-state index contributed by atoms with van der Waals surface area (Å²) in [6.45, 7) is 2.30. The molecule has 3 unspecified atom stereocenters. The van der Waals surface area contributed by atoms with Crippen LogP contribution in [-0.4, -0.2) is 17.2 Å². The predicted molar refractivity (Wildman–Crippen MR) is 86.2 cm³/mol. The summed E-state index contributed by atoms with van der Waals surface area (Å²) in [4.78, 5) is 9.32. The molecule has 1 aromatic heterocycles. The molecule has 0 bridgehead atoms. The quantitative estimate of drug-likeness (QED) is 0.757. The van der Waals surface area contributed by atoms with Crippen molar-refractivity contribution in [1.29, 1.82) is 0 Å². The molecule has 0 amide bonds. The lowest BCUT2D eigenvalue weighted by Gasteiger charge is -2.37. The van der Waals surface area contributed by atoms with Crippen molar-refractivity contribution in [2.24, 2.45) is 0 Å². The van der Waals surface area contributed by atoms with Crippen LogP contribution in [0.15, 0.2) is 48.9 Å². The van der Waals surface area contributed by atoms with E-state index in [0.717, 1.165) is 6.42 Å². The summed E-state index contributed by atoms with van der Waals surface area (Å²) in [6, 6.07) is 9.28. The number of benzene rings is 1. The highest BCUT2D eigenvalue weighted by molar-refractivity contribution is 5.90. The van der Waals surface area contributed by atoms with Crippen LogP contribution in [0.3, 0.4) is 0 Å². The second-order valence-corrected chi connectivity index (χ2v) is 6.78. The highest BCUT2D eigenvalue weighted by Gasteiger charge is 2.64. The van der Waals surface area contributed by atoms with Gasteiger partial charge in [0, 0.05) is 24.2 Å². The molecule has 6 rings (SSSR count). The Kier molecular flexibility index (Phi) is 1.72. The molecule has 1 N–H and O–H groups in total. The molecule has 1 saturated heterocycles. The molecule has 22 heavy (non-hydrogen) atoms.